The highest BCUT2D eigenvalue weighted by Crippen LogP contribution is 2.18. The minimum absolute atomic E-state index is 0.429. The average molecular weight is 222 g/mol. The minimum atomic E-state index is 0.429. The van der Waals surface area contributed by atoms with E-state index in [4.69, 9.17) is 4.74 Å². The van der Waals surface area contributed by atoms with Gasteiger partial charge in [-0.3, -0.25) is 4.98 Å². The fourth-order valence-electron chi connectivity index (χ4n) is 1.01. The highest BCUT2D eigenvalue weighted by Gasteiger charge is 2.03. The van der Waals surface area contributed by atoms with E-state index in [-0.39, 0.29) is 0 Å². The highest BCUT2D eigenvalue weighted by atomic mass is 32.2. The van der Waals surface area contributed by atoms with Crippen LogP contribution in [0, 0.1) is 0 Å². The Morgan fingerprint density at radius 3 is 3.07 bits per heavy atom. The highest BCUT2D eigenvalue weighted by molar-refractivity contribution is 7.98. The van der Waals surface area contributed by atoms with Gasteiger partial charge in [0, 0.05) is 11.9 Å². The molecule has 0 spiro atoms. The maximum absolute atomic E-state index is 4.89. The lowest BCUT2D eigenvalue weighted by Crippen LogP contribution is -1.85. The molecule has 2 heterocycles. The second kappa shape index (κ2) is 4.79. The second-order valence-electron chi connectivity index (χ2n) is 2.74. The third kappa shape index (κ3) is 2.69. The topological polar surface area (TPSA) is 63.7 Å². The number of rotatable bonds is 4. The molecule has 0 amide bonds. The van der Waals surface area contributed by atoms with Crippen molar-refractivity contribution in [2.24, 2.45) is 0 Å². The van der Waals surface area contributed by atoms with Gasteiger partial charge >= 0.3 is 6.01 Å². The Labute approximate surface area is 91.3 Å². The van der Waals surface area contributed by atoms with Crippen LogP contribution in [0.5, 0.6) is 6.01 Å². The van der Waals surface area contributed by atoms with Gasteiger partial charge in [-0.25, -0.2) is 5.10 Å². The normalized spacial score (nSPS) is 10.2. The largest absolute Gasteiger partial charge is 0.467 e. The van der Waals surface area contributed by atoms with Crippen molar-refractivity contribution in [1.29, 1.82) is 0 Å². The molecule has 0 aliphatic rings. The first kappa shape index (κ1) is 9.97. The van der Waals surface area contributed by atoms with Crippen molar-refractivity contribution in [2.45, 2.75) is 10.9 Å². The summed E-state index contributed by atoms with van der Waals surface area (Å²) in [5.41, 5.74) is 1.01. The molecule has 0 fully saturated rings. The van der Waals surface area contributed by atoms with E-state index in [0.717, 1.165) is 11.4 Å². The number of H-pyrrole nitrogens is 1. The fraction of sp³-hybridized carbons (Fsp3) is 0.222. The Morgan fingerprint density at radius 2 is 2.40 bits per heavy atom. The van der Waals surface area contributed by atoms with Crippen LogP contribution in [0.1, 0.15) is 5.69 Å². The molecule has 0 aliphatic heterocycles. The summed E-state index contributed by atoms with van der Waals surface area (Å²) in [5.74, 6) is 0.752. The summed E-state index contributed by atoms with van der Waals surface area (Å²) in [6, 6.07) is 6.25. The molecular formula is C9H10N4OS. The van der Waals surface area contributed by atoms with E-state index in [1.54, 1.807) is 13.3 Å². The molecule has 6 heteroatoms. The molecule has 2 aromatic heterocycles. The van der Waals surface area contributed by atoms with Gasteiger partial charge in [-0.15, -0.1) is 5.10 Å². The monoisotopic (exact) mass is 222 g/mol. The van der Waals surface area contributed by atoms with Crippen molar-refractivity contribution in [1.82, 2.24) is 20.2 Å². The van der Waals surface area contributed by atoms with Gasteiger partial charge < -0.3 is 4.74 Å². The molecule has 0 saturated heterocycles. The standard InChI is InChI=1S/C9H10N4OS/c1-14-8-11-9(13-12-8)15-6-7-4-2-3-5-10-7/h2-5H,6H2,1H3,(H,11,12,13). The first-order valence-corrected chi connectivity index (χ1v) is 5.36. The molecule has 5 nitrogen and oxygen atoms in total. The SMILES string of the molecule is COc1nc(SCc2ccccn2)n[nH]1. The van der Waals surface area contributed by atoms with Crippen LogP contribution in [0.25, 0.3) is 0 Å². The first-order valence-electron chi connectivity index (χ1n) is 4.37. The lowest BCUT2D eigenvalue weighted by atomic mass is 10.4. The Morgan fingerprint density at radius 1 is 1.47 bits per heavy atom. The van der Waals surface area contributed by atoms with Gasteiger partial charge in [0.1, 0.15) is 0 Å². The van der Waals surface area contributed by atoms with E-state index in [1.165, 1.54) is 11.8 Å². The van der Waals surface area contributed by atoms with Crippen LogP contribution in [0.15, 0.2) is 29.6 Å². The number of hydrogen-bond donors (Lipinski definition) is 1. The van der Waals surface area contributed by atoms with Gasteiger partial charge in [-0.1, -0.05) is 17.8 Å². The summed E-state index contributed by atoms with van der Waals surface area (Å²) in [6.07, 6.45) is 1.77. The Kier molecular flexibility index (Phi) is 3.18. The van der Waals surface area contributed by atoms with Gasteiger partial charge in [0.05, 0.1) is 12.8 Å². The number of thioether (sulfide) groups is 1. The minimum Gasteiger partial charge on any atom is -0.467 e. The van der Waals surface area contributed by atoms with Gasteiger partial charge in [0.2, 0.25) is 5.16 Å². The van der Waals surface area contributed by atoms with Gasteiger partial charge in [-0.05, 0) is 12.1 Å². The molecule has 15 heavy (non-hydrogen) atoms. The molecule has 2 rings (SSSR count). The number of ether oxygens (including phenoxy) is 1. The summed E-state index contributed by atoms with van der Waals surface area (Å²) in [4.78, 5) is 8.29. The van der Waals surface area contributed by atoms with E-state index in [2.05, 4.69) is 20.2 Å². The van der Waals surface area contributed by atoms with E-state index < -0.39 is 0 Å². The third-order valence-electron chi connectivity index (χ3n) is 1.71. The molecule has 2 aromatic rings. The van der Waals surface area contributed by atoms with Crippen LogP contribution < -0.4 is 4.74 Å². The van der Waals surface area contributed by atoms with Crippen molar-refractivity contribution >= 4 is 11.8 Å². The van der Waals surface area contributed by atoms with E-state index in [1.807, 2.05) is 18.2 Å². The number of nitrogens with one attached hydrogen (secondary N) is 1. The van der Waals surface area contributed by atoms with E-state index >= 15 is 0 Å². The fourth-order valence-corrected chi connectivity index (χ4v) is 1.72. The molecule has 0 saturated carbocycles. The molecule has 0 radical (unpaired) electrons. The Hall–Kier alpha value is -1.56. The van der Waals surface area contributed by atoms with Crippen LogP contribution >= 0.6 is 11.8 Å². The third-order valence-corrected chi connectivity index (χ3v) is 2.59. The molecule has 0 atom stereocenters. The molecule has 0 aromatic carbocycles. The number of aromatic nitrogens is 4. The van der Waals surface area contributed by atoms with Crippen molar-refractivity contribution < 1.29 is 4.74 Å². The number of methoxy groups -OCH3 is 1. The molecule has 0 bridgehead atoms. The maximum Gasteiger partial charge on any atom is 0.312 e. The van der Waals surface area contributed by atoms with Crippen LogP contribution in [0.4, 0.5) is 0 Å². The van der Waals surface area contributed by atoms with Crippen LogP contribution in [-0.4, -0.2) is 27.3 Å². The summed E-state index contributed by atoms with van der Waals surface area (Å²) in [6.45, 7) is 0. The second-order valence-corrected chi connectivity index (χ2v) is 3.68. The molecule has 1 N–H and O–H groups in total. The zero-order valence-electron chi connectivity index (χ0n) is 8.17. The number of nitrogens with zero attached hydrogens (tertiary/aromatic N) is 3. The van der Waals surface area contributed by atoms with Crippen LogP contribution in [0.2, 0.25) is 0 Å². The maximum atomic E-state index is 4.89. The van der Waals surface area contributed by atoms with Crippen molar-refractivity contribution in [3.05, 3.63) is 30.1 Å². The van der Waals surface area contributed by atoms with Gasteiger partial charge in [0.15, 0.2) is 0 Å². The van der Waals surface area contributed by atoms with Crippen molar-refractivity contribution in [3.8, 4) is 6.01 Å². The zero-order valence-corrected chi connectivity index (χ0v) is 8.99. The first-order chi connectivity index (χ1) is 7.38. The predicted molar refractivity (Wildman–Crippen MR) is 56.7 cm³/mol. The molecule has 78 valence electrons. The van der Waals surface area contributed by atoms with Crippen molar-refractivity contribution in [2.75, 3.05) is 7.11 Å². The van der Waals surface area contributed by atoms with E-state index in [9.17, 15) is 0 Å². The molecule has 0 aliphatic carbocycles. The van der Waals surface area contributed by atoms with Crippen LogP contribution in [-0.2, 0) is 5.75 Å². The summed E-state index contributed by atoms with van der Waals surface area (Å²) >= 11 is 1.51. The quantitative estimate of drug-likeness (QED) is 0.794. The molecule has 0 unspecified atom stereocenters. The smallest absolute Gasteiger partial charge is 0.312 e. The number of aromatic amines is 1. The lowest BCUT2D eigenvalue weighted by molar-refractivity contribution is 0.381. The predicted octanol–water partition coefficient (Wildman–Crippen LogP) is 1.50. The number of hydrogen-bond acceptors (Lipinski definition) is 5. The molecular weight excluding hydrogens is 212 g/mol. The Bertz CT molecular complexity index is 417. The summed E-state index contributed by atoms with van der Waals surface area (Å²) in [7, 11) is 1.55. The lowest BCUT2D eigenvalue weighted by Gasteiger charge is -1.95. The zero-order chi connectivity index (χ0) is 10.5. The Balaban J connectivity index is 1.93. The van der Waals surface area contributed by atoms with Crippen molar-refractivity contribution in [3.63, 3.8) is 0 Å². The van der Waals surface area contributed by atoms with Crippen LogP contribution in [0.3, 0.4) is 0 Å². The van der Waals surface area contributed by atoms with Gasteiger partial charge in [-0.2, -0.15) is 4.98 Å². The van der Waals surface area contributed by atoms with E-state index in [0.29, 0.717) is 11.2 Å². The summed E-state index contributed by atoms with van der Waals surface area (Å²) in [5, 5.41) is 7.31. The number of pyridine rings is 1. The average Bonchev–Trinajstić information content (AvgIpc) is 2.76. The summed E-state index contributed by atoms with van der Waals surface area (Å²) < 4.78 is 4.89. The van der Waals surface area contributed by atoms with Gasteiger partial charge in [0.25, 0.3) is 0 Å².